The van der Waals surface area contributed by atoms with Crippen LogP contribution in [0.3, 0.4) is 0 Å². The van der Waals surface area contributed by atoms with Crippen LogP contribution in [-0.4, -0.2) is 29.8 Å². The van der Waals surface area contributed by atoms with Gasteiger partial charge in [-0.15, -0.1) is 0 Å². The second kappa shape index (κ2) is 5.82. The smallest absolute Gasteiger partial charge is 0.260 e. The highest BCUT2D eigenvalue weighted by atomic mass is 16.2. The molecule has 0 aliphatic rings. The Morgan fingerprint density at radius 2 is 1.94 bits per heavy atom. The maximum atomic E-state index is 11.9. The van der Waals surface area contributed by atoms with Gasteiger partial charge in [0.15, 0.2) is 0 Å². The number of benzene rings is 1. The number of carbonyl (C=O) groups excluding carboxylic acids is 2. The van der Waals surface area contributed by atoms with Gasteiger partial charge >= 0.3 is 0 Å². The van der Waals surface area contributed by atoms with Crippen molar-refractivity contribution in [1.29, 1.82) is 0 Å². The molecule has 0 aliphatic carbocycles. The Morgan fingerprint density at radius 1 is 1.31 bits per heavy atom. The van der Waals surface area contributed by atoms with Crippen molar-refractivity contribution >= 4 is 11.8 Å². The van der Waals surface area contributed by atoms with Crippen LogP contribution in [-0.2, 0) is 4.79 Å². The molecule has 0 aliphatic heterocycles. The molecule has 0 saturated carbocycles. The summed E-state index contributed by atoms with van der Waals surface area (Å²) in [5, 5.41) is 0. The van der Waals surface area contributed by atoms with Gasteiger partial charge in [0, 0.05) is 18.7 Å². The van der Waals surface area contributed by atoms with E-state index in [1.165, 1.54) is 0 Å². The first-order valence-electron chi connectivity index (χ1n) is 4.94. The van der Waals surface area contributed by atoms with E-state index in [0.29, 0.717) is 5.56 Å². The van der Waals surface area contributed by atoms with Crippen molar-refractivity contribution in [3.05, 3.63) is 48.6 Å². The number of nitrogens with two attached hydrogens (primary N) is 1. The third-order valence-electron chi connectivity index (χ3n) is 2.06. The van der Waals surface area contributed by atoms with E-state index in [-0.39, 0.29) is 19.0 Å². The highest BCUT2D eigenvalue weighted by molar-refractivity contribution is 6.07. The average molecular weight is 218 g/mol. The first-order valence-corrected chi connectivity index (χ1v) is 4.94. The molecule has 0 atom stereocenters. The number of hydrogen-bond acceptors (Lipinski definition) is 3. The molecule has 84 valence electrons. The monoisotopic (exact) mass is 218 g/mol. The van der Waals surface area contributed by atoms with E-state index in [9.17, 15) is 9.59 Å². The molecule has 1 aromatic carbocycles. The zero-order valence-corrected chi connectivity index (χ0v) is 8.93. The normalized spacial score (nSPS) is 9.56. The summed E-state index contributed by atoms with van der Waals surface area (Å²) >= 11 is 0. The highest BCUT2D eigenvalue weighted by Crippen LogP contribution is 2.04. The lowest BCUT2D eigenvalue weighted by Gasteiger charge is -2.18. The minimum atomic E-state index is -0.431. The minimum absolute atomic E-state index is 0.193. The molecule has 0 spiro atoms. The number of carbonyl (C=O) groups is 2. The fourth-order valence-corrected chi connectivity index (χ4v) is 1.29. The molecule has 16 heavy (non-hydrogen) atoms. The molecule has 0 bridgehead atoms. The Morgan fingerprint density at radius 3 is 2.44 bits per heavy atom. The van der Waals surface area contributed by atoms with Crippen molar-refractivity contribution in [1.82, 2.24) is 4.90 Å². The van der Waals surface area contributed by atoms with Crippen LogP contribution in [0.15, 0.2) is 43.0 Å². The molecule has 0 heterocycles. The lowest BCUT2D eigenvalue weighted by Crippen LogP contribution is -2.39. The maximum absolute atomic E-state index is 11.9. The third kappa shape index (κ3) is 2.77. The zero-order valence-electron chi connectivity index (χ0n) is 8.93. The topological polar surface area (TPSA) is 63.4 Å². The fraction of sp³-hybridized carbons (Fsp3) is 0.167. The molecule has 0 aromatic heterocycles. The van der Waals surface area contributed by atoms with Crippen molar-refractivity contribution in [2.45, 2.75) is 0 Å². The van der Waals surface area contributed by atoms with Crippen LogP contribution in [0.5, 0.6) is 0 Å². The second-order valence-electron chi connectivity index (χ2n) is 3.15. The van der Waals surface area contributed by atoms with Gasteiger partial charge in [0.05, 0.1) is 0 Å². The van der Waals surface area contributed by atoms with Crippen molar-refractivity contribution in [2.24, 2.45) is 5.73 Å². The molecule has 0 fully saturated rings. The number of hydrogen-bond donors (Lipinski definition) is 1. The Balaban J connectivity index is 2.91. The summed E-state index contributed by atoms with van der Waals surface area (Å²) in [4.78, 5) is 24.5. The Kier molecular flexibility index (Phi) is 4.42. The summed E-state index contributed by atoms with van der Waals surface area (Å²) in [5.74, 6) is -0.782. The quantitative estimate of drug-likeness (QED) is 0.760. The molecule has 4 nitrogen and oxygen atoms in total. The highest BCUT2D eigenvalue weighted by Gasteiger charge is 2.19. The standard InChI is InChI=1S/C12H14N2O2/c1-2-11(15)14(9-8-13)12(16)10-6-4-3-5-7-10/h2-7H,1,8-9,13H2. The summed E-state index contributed by atoms with van der Waals surface area (Å²) in [6.07, 6.45) is 1.11. The molecule has 2 N–H and O–H groups in total. The van der Waals surface area contributed by atoms with Gasteiger partial charge in [-0.2, -0.15) is 0 Å². The van der Waals surface area contributed by atoms with Gasteiger partial charge in [0.1, 0.15) is 0 Å². The Labute approximate surface area is 94.4 Å². The Hall–Kier alpha value is -1.94. The number of amides is 2. The fourth-order valence-electron chi connectivity index (χ4n) is 1.29. The van der Waals surface area contributed by atoms with Crippen LogP contribution in [0, 0.1) is 0 Å². The number of imide groups is 1. The van der Waals surface area contributed by atoms with E-state index in [1.54, 1.807) is 30.3 Å². The minimum Gasteiger partial charge on any atom is -0.329 e. The van der Waals surface area contributed by atoms with Gasteiger partial charge < -0.3 is 5.73 Å². The Bertz CT molecular complexity index is 387. The van der Waals surface area contributed by atoms with Gasteiger partial charge in [-0.25, -0.2) is 0 Å². The summed E-state index contributed by atoms with van der Waals surface area (Å²) in [5.41, 5.74) is 5.82. The maximum Gasteiger partial charge on any atom is 0.260 e. The summed E-state index contributed by atoms with van der Waals surface area (Å²) < 4.78 is 0. The van der Waals surface area contributed by atoms with E-state index < -0.39 is 5.91 Å². The summed E-state index contributed by atoms with van der Waals surface area (Å²) in [7, 11) is 0. The third-order valence-corrected chi connectivity index (χ3v) is 2.06. The molecule has 0 saturated heterocycles. The van der Waals surface area contributed by atoms with E-state index >= 15 is 0 Å². The van der Waals surface area contributed by atoms with Crippen LogP contribution >= 0.6 is 0 Å². The van der Waals surface area contributed by atoms with Gasteiger partial charge in [0.25, 0.3) is 11.8 Å². The predicted molar refractivity (Wildman–Crippen MR) is 61.7 cm³/mol. The zero-order chi connectivity index (χ0) is 12.0. The van der Waals surface area contributed by atoms with E-state index in [0.717, 1.165) is 11.0 Å². The molecule has 1 aromatic rings. The van der Waals surface area contributed by atoms with Gasteiger partial charge in [-0.1, -0.05) is 24.8 Å². The first-order chi connectivity index (χ1) is 7.70. The summed E-state index contributed by atoms with van der Waals surface area (Å²) in [6.45, 7) is 3.78. The predicted octanol–water partition coefficient (Wildman–Crippen LogP) is 0.800. The SMILES string of the molecule is C=CC(=O)N(CCN)C(=O)c1ccccc1. The van der Waals surface area contributed by atoms with Crippen molar-refractivity contribution in [2.75, 3.05) is 13.1 Å². The van der Waals surface area contributed by atoms with Crippen LogP contribution in [0.2, 0.25) is 0 Å². The molecule has 0 radical (unpaired) electrons. The van der Waals surface area contributed by atoms with Crippen LogP contribution < -0.4 is 5.73 Å². The van der Waals surface area contributed by atoms with Gasteiger partial charge in [0.2, 0.25) is 0 Å². The average Bonchev–Trinajstić information content (AvgIpc) is 2.35. The second-order valence-corrected chi connectivity index (χ2v) is 3.15. The van der Waals surface area contributed by atoms with Crippen molar-refractivity contribution in [3.63, 3.8) is 0 Å². The molecular formula is C12H14N2O2. The van der Waals surface area contributed by atoms with Gasteiger partial charge in [-0.05, 0) is 18.2 Å². The number of nitrogens with zero attached hydrogens (tertiary/aromatic N) is 1. The van der Waals surface area contributed by atoms with Crippen LogP contribution in [0.25, 0.3) is 0 Å². The van der Waals surface area contributed by atoms with Crippen molar-refractivity contribution in [3.8, 4) is 0 Å². The molecule has 0 unspecified atom stereocenters. The molecule has 2 amide bonds. The first kappa shape index (κ1) is 12.1. The lowest BCUT2D eigenvalue weighted by molar-refractivity contribution is -0.123. The molecule has 1 rings (SSSR count). The number of rotatable bonds is 4. The van der Waals surface area contributed by atoms with E-state index in [2.05, 4.69) is 6.58 Å². The summed E-state index contributed by atoms with van der Waals surface area (Å²) in [6, 6.07) is 8.60. The lowest BCUT2D eigenvalue weighted by atomic mass is 10.2. The van der Waals surface area contributed by atoms with Crippen LogP contribution in [0.4, 0.5) is 0 Å². The van der Waals surface area contributed by atoms with Crippen molar-refractivity contribution < 1.29 is 9.59 Å². The molecule has 4 heteroatoms. The van der Waals surface area contributed by atoms with E-state index in [4.69, 9.17) is 5.73 Å². The van der Waals surface area contributed by atoms with Crippen LogP contribution in [0.1, 0.15) is 10.4 Å². The van der Waals surface area contributed by atoms with Gasteiger partial charge in [-0.3, -0.25) is 14.5 Å². The van der Waals surface area contributed by atoms with E-state index in [1.807, 2.05) is 0 Å². The largest absolute Gasteiger partial charge is 0.329 e. The molecular weight excluding hydrogens is 204 g/mol.